The number of hydrogen-bond acceptors (Lipinski definition) is 6. The predicted molar refractivity (Wildman–Crippen MR) is 128 cm³/mol. The van der Waals surface area contributed by atoms with Crippen molar-refractivity contribution in [2.24, 2.45) is 0 Å². The first-order chi connectivity index (χ1) is 15.5. The van der Waals surface area contributed by atoms with E-state index in [0.29, 0.717) is 22.6 Å². The van der Waals surface area contributed by atoms with E-state index in [1.807, 2.05) is 32.0 Å². The molecule has 2 aromatic heterocycles. The maximum Gasteiger partial charge on any atom is 0.352 e. The summed E-state index contributed by atoms with van der Waals surface area (Å²) in [6.07, 6.45) is 5.03. The maximum absolute atomic E-state index is 12.9. The lowest BCUT2D eigenvalue weighted by molar-refractivity contribution is -0.129. The lowest BCUT2D eigenvalue weighted by Crippen LogP contribution is -2.11. The first kappa shape index (κ1) is 20.3. The summed E-state index contributed by atoms with van der Waals surface area (Å²) in [5.41, 5.74) is 6.34. The van der Waals surface area contributed by atoms with Gasteiger partial charge in [0.15, 0.2) is 11.5 Å². The highest BCUT2D eigenvalue weighted by Crippen LogP contribution is 2.49. The van der Waals surface area contributed by atoms with E-state index in [9.17, 15) is 9.59 Å². The predicted octanol–water partition coefficient (Wildman–Crippen LogP) is 6.66. The molecule has 2 aromatic carbocycles. The molecule has 0 saturated heterocycles. The van der Waals surface area contributed by atoms with E-state index < -0.39 is 11.9 Å². The Bertz CT molecular complexity index is 1480. The zero-order valence-corrected chi connectivity index (χ0v) is 18.9. The van der Waals surface area contributed by atoms with E-state index in [1.165, 1.54) is 22.7 Å². The van der Waals surface area contributed by atoms with Crippen LogP contribution >= 0.6 is 22.7 Å². The summed E-state index contributed by atoms with van der Waals surface area (Å²) in [7, 11) is 0. The van der Waals surface area contributed by atoms with Crippen molar-refractivity contribution in [2.75, 3.05) is 0 Å². The van der Waals surface area contributed by atoms with Crippen molar-refractivity contribution < 1.29 is 19.1 Å². The molecule has 5 rings (SSSR count). The van der Waals surface area contributed by atoms with Crippen molar-refractivity contribution in [3.05, 3.63) is 93.0 Å². The van der Waals surface area contributed by atoms with Crippen LogP contribution in [0.3, 0.4) is 0 Å². The molecule has 32 heavy (non-hydrogen) atoms. The number of allylic oxidation sites excluding steroid dienone is 2. The van der Waals surface area contributed by atoms with Crippen LogP contribution in [0.25, 0.3) is 20.2 Å². The van der Waals surface area contributed by atoms with E-state index in [4.69, 9.17) is 9.47 Å². The number of ether oxygens (including phenoxy) is 2. The monoisotopic (exact) mass is 456 g/mol. The number of fused-ring (bicyclic) bond motifs is 2. The normalized spacial score (nSPS) is 12.4. The van der Waals surface area contributed by atoms with Crippen molar-refractivity contribution in [3.63, 3.8) is 0 Å². The van der Waals surface area contributed by atoms with Crippen LogP contribution in [0.5, 0.6) is 11.5 Å². The van der Waals surface area contributed by atoms with E-state index >= 15 is 0 Å². The Balaban J connectivity index is 1.68. The number of carbonyl (C=O) groups excluding carboxylic acids is 2. The molecule has 6 heteroatoms. The first-order valence-corrected chi connectivity index (χ1v) is 11.5. The van der Waals surface area contributed by atoms with Gasteiger partial charge in [0.1, 0.15) is 5.57 Å². The van der Waals surface area contributed by atoms with Crippen LogP contribution < -0.4 is 9.47 Å². The number of benzene rings is 2. The van der Waals surface area contributed by atoms with Gasteiger partial charge < -0.3 is 9.47 Å². The standard InChI is InChI=1S/C26H16O4S2/c1-15-13-19-21(29-25(27)17-9-5-3-6-10-17)24-20(14-16(2)32-24)22(23(19)31-15)30-26(28)18-11-7-4-8-12-18/h3-7,9-11,13-14H,1-2H3. The summed E-state index contributed by atoms with van der Waals surface area (Å²) in [6.45, 7) is 3.94. The van der Waals surface area contributed by atoms with Crippen LogP contribution in [0, 0.1) is 13.8 Å². The van der Waals surface area contributed by atoms with E-state index in [-0.39, 0.29) is 0 Å². The van der Waals surface area contributed by atoms with Crippen molar-refractivity contribution in [3.8, 4) is 11.5 Å². The second-order valence-corrected chi connectivity index (χ2v) is 9.72. The molecule has 0 amide bonds. The number of rotatable bonds is 4. The van der Waals surface area contributed by atoms with Crippen LogP contribution in [0.4, 0.5) is 0 Å². The molecule has 0 spiro atoms. The SMILES string of the molecule is Cc1cc2c(OC(=O)c3ccccc3)c3sc(C)cc3c(OC(=O)C3=C=C=CC=C3)c2s1. The van der Waals surface area contributed by atoms with Gasteiger partial charge in [0.05, 0.1) is 15.0 Å². The fourth-order valence-corrected chi connectivity index (χ4v) is 5.51. The molecular weight excluding hydrogens is 440 g/mol. The second kappa shape index (κ2) is 8.12. The molecule has 2 heterocycles. The highest BCUT2D eigenvalue weighted by Gasteiger charge is 2.24. The second-order valence-electron chi connectivity index (χ2n) is 7.21. The van der Waals surface area contributed by atoms with Gasteiger partial charge in [0, 0.05) is 20.5 Å². The van der Waals surface area contributed by atoms with Gasteiger partial charge in [0.2, 0.25) is 0 Å². The fourth-order valence-electron chi connectivity index (χ4n) is 3.50. The zero-order valence-electron chi connectivity index (χ0n) is 17.2. The highest BCUT2D eigenvalue weighted by atomic mass is 32.1. The summed E-state index contributed by atoms with van der Waals surface area (Å²) in [5.74, 6) is 0.0283. The third-order valence-corrected chi connectivity index (χ3v) is 6.98. The Kier molecular flexibility index (Phi) is 5.14. The Morgan fingerprint density at radius 2 is 1.44 bits per heavy atom. The van der Waals surface area contributed by atoms with Crippen LogP contribution in [-0.4, -0.2) is 11.9 Å². The number of thiophene rings is 2. The number of esters is 2. The van der Waals surface area contributed by atoms with Gasteiger partial charge in [-0.05, 0) is 50.3 Å². The fraction of sp³-hybridized carbons (Fsp3) is 0.0769. The van der Waals surface area contributed by atoms with Crippen molar-refractivity contribution in [1.29, 1.82) is 0 Å². The van der Waals surface area contributed by atoms with Gasteiger partial charge in [-0.15, -0.1) is 22.7 Å². The van der Waals surface area contributed by atoms with Gasteiger partial charge in [-0.3, -0.25) is 0 Å². The third-order valence-electron chi connectivity index (χ3n) is 4.88. The lowest BCUT2D eigenvalue weighted by atomic mass is 10.1. The minimum absolute atomic E-state index is 0.300. The molecule has 0 unspecified atom stereocenters. The van der Waals surface area contributed by atoms with Gasteiger partial charge in [-0.2, -0.15) is 0 Å². The van der Waals surface area contributed by atoms with Gasteiger partial charge in [-0.1, -0.05) is 35.7 Å². The molecule has 1 aliphatic carbocycles. The summed E-state index contributed by atoms with van der Waals surface area (Å²) in [5, 5.41) is 1.49. The Hall–Kier alpha value is -3.66. The Morgan fingerprint density at radius 1 is 0.844 bits per heavy atom. The smallest absolute Gasteiger partial charge is 0.352 e. The van der Waals surface area contributed by atoms with Crippen LogP contribution in [-0.2, 0) is 4.79 Å². The molecule has 0 aliphatic heterocycles. The van der Waals surface area contributed by atoms with Crippen molar-refractivity contribution in [2.45, 2.75) is 13.8 Å². The molecule has 0 fully saturated rings. The van der Waals surface area contributed by atoms with Gasteiger partial charge in [0.25, 0.3) is 0 Å². The van der Waals surface area contributed by atoms with Crippen molar-refractivity contribution in [1.82, 2.24) is 0 Å². The average Bonchev–Trinajstić information content (AvgIpc) is 3.39. The molecule has 0 N–H and O–H groups in total. The zero-order chi connectivity index (χ0) is 22.2. The topological polar surface area (TPSA) is 52.6 Å². The van der Waals surface area contributed by atoms with Crippen LogP contribution in [0.15, 0.2) is 77.7 Å². The Labute approximate surface area is 192 Å². The van der Waals surface area contributed by atoms with E-state index in [1.54, 1.807) is 42.5 Å². The summed E-state index contributed by atoms with van der Waals surface area (Å²) in [4.78, 5) is 27.7. The third kappa shape index (κ3) is 3.62. The van der Waals surface area contributed by atoms with Gasteiger partial charge in [-0.25, -0.2) is 9.59 Å². The minimum Gasteiger partial charge on any atom is -0.421 e. The first-order valence-electron chi connectivity index (χ1n) is 9.85. The molecule has 0 saturated carbocycles. The summed E-state index contributed by atoms with van der Waals surface area (Å²) >= 11 is 2.99. The lowest BCUT2D eigenvalue weighted by Gasteiger charge is -2.12. The molecular formula is C26H16O4S2. The quantitative estimate of drug-likeness (QED) is 0.196. The molecule has 4 aromatic rings. The van der Waals surface area contributed by atoms with Gasteiger partial charge >= 0.3 is 11.9 Å². The Morgan fingerprint density at radius 3 is 2.00 bits per heavy atom. The number of hydrogen-bond donors (Lipinski definition) is 0. The number of carbonyl (C=O) groups is 2. The molecule has 156 valence electrons. The van der Waals surface area contributed by atoms with E-state index in [2.05, 4.69) is 11.5 Å². The summed E-state index contributed by atoms with van der Waals surface area (Å²) < 4.78 is 13.3. The number of aryl methyl sites for hydroxylation is 2. The average molecular weight is 457 g/mol. The molecule has 1 aliphatic rings. The molecule has 0 radical (unpaired) electrons. The van der Waals surface area contributed by atoms with E-state index in [0.717, 1.165) is 29.9 Å². The van der Waals surface area contributed by atoms with Crippen LogP contribution in [0.1, 0.15) is 20.1 Å². The highest BCUT2D eigenvalue weighted by molar-refractivity contribution is 7.21. The molecule has 0 atom stereocenters. The largest absolute Gasteiger partial charge is 0.421 e. The van der Waals surface area contributed by atoms with Crippen molar-refractivity contribution >= 4 is 54.8 Å². The summed E-state index contributed by atoms with van der Waals surface area (Å²) in [6, 6.07) is 12.8. The van der Waals surface area contributed by atoms with Crippen LogP contribution in [0.2, 0.25) is 0 Å². The maximum atomic E-state index is 12.9. The molecule has 4 nitrogen and oxygen atoms in total. The minimum atomic E-state index is -0.506. The molecule has 0 bridgehead atoms.